The van der Waals surface area contributed by atoms with Crippen LogP contribution in [-0.2, 0) is 31.1 Å². The highest BCUT2D eigenvalue weighted by Crippen LogP contribution is 2.51. The third-order valence-corrected chi connectivity index (χ3v) is 12.9. The molecular formula is C29H34F6O7S3. The predicted molar refractivity (Wildman–Crippen MR) is 157 cm³/mol. The predicted octanol–water partition coefficient (Wildman–Crippen LogP) is 7.25. The summed E-state index contributed by atoms with van der Waals surface area (Å²) in [4.78, 5) is 14.0. The quantitative estimate of drug-likeness (QED) is 0.0669. The molecule has 1 aliphatic rings. The first kappa shape index (κ1) is 37.2. The van der Waals surface area contributed by atoms with E-state index in [1.807, 2.05) is 19.1 Å². The van der Waals surface area contributed by atoms with Crippen LogP contribution in [0.25, 0.3) is 0 Å². The van der Waals surface area contributed by atoms with E-state index in [1.165, 1.54) is 12.5 Å². The molecule has 0 saturated heterocycles. The van der Waals surface area contributed by atoms with Gasteiger partial charge < -0.3 is 8.74 Å². The van der Waals surface area contributed by atoms with Gasteiger partial charge in [0, 0.05) is 22.5 Å². The van der Waals surface area contributed by atoms with Crippen LogP contribution in [0.15, 0.2) is 53.4 Å². The lowest BCUT2D eigenvalue weighted by Crippen LogP contribution is -2.61. The molecule has 1 saturated carbocycles. The van der Waals surface area contributed by atoms with Gasteiger partial charge in [-0.1, -0.05) is 62.9 Å². The maximum absolute atomic E-state index is 14.4. The number of carbonyl (C=O) groups excluding carboxylic acids is 1. The summed E-state index contributed by atoms with van der Waals surface area (Å²) >= 11 is 0. The van der Waals surface area contributed by atoms with Crippen LogP contribution in [0.5, 0.6) is 5.75 Å². The summed E-state index contributed by atoms with van der Waals surface area (Å²) in [6, 6.07) is 11.6. The lowest BCUT2D eigenvalue weighted by molar-refractivity contribution is -0.247. The zero-order valence-corrected chi connectivity index (χ0v) is 27.2. The number of alkyl halides is 6. The largest absolute Gasteiger partial charge is 0.743 e. The Morgan fingerprint density at radius 1 is 0.911 bits per heavy atom. The van der Waals surface area contributed by atoms with Crippen LogP contribution in [-0.4, -0.2) is 54.1 Å². The molecule has 1 aliphatic carbocycles. The average Bonchev–Trinajstić information content (AvgIpc) is 2.96. The SMILES string of the molecule is CCCC[S+](c1cccc(OS(=O)(=O)C(F)(F)C(F)(F)C(F)(F)S(=O)(=O)[O-])c1)C(C)(C)C(=O)c1ccc(C2CCCCC2)cc1. The molecule has 7 nitrogen and oxygen atoms in total. The molecule has 45 heavy (non-hydrogen) atoms. The smallest absolute Gasteiger partial charge is 0.450 e. The number of benzene rings is 2. The maximum Gasteiger partial charge on any atom is 0.450 e. The first-order chi connectivity index (χ1) is 20.6. The molecule has 252 valence electrons. The minimum Gasteiger partial charge on any atom is -0.743 e. The normalized spacial score (nSPS) is 16.8. The van der Waals surface area contributed by atoms with Crippen LogP contribution in [0.2, 0.25) is 0 Å². The van der Waals surface area contributed by atoms with Gasteiger partial charge >= 0.3 is 26.5 Å². The highest BCUT2D eigenvalue weighted by molar-refractivity contribution is 7.99. The highest BCUT2D eigenvalue weighted by Gasteiger charge is 2.81. The van der Waals surface area contributed by atoms with E-state index in [1.54, 1.807) is 26.0 Å². The second-order valence-corrected chi connectivity index (χ2v) is 17.0. The highest BCUT2D eigenvalue weighted by atomic mass is 32.2. The molecule has 2 aromatic rings. The summed E-state index contributed by atoms with van der Waals surface area (Å²) in [5.74, 6) is -7.64. The molecule has 0 amide bonds. The van der Waals surface area contributed by atoms with Crippen molar-refractivity contribution in [2.45, 2.75) is 97.7 Å². The standard InChI is InChI=1S/C29H34F6O7S3/c1-4-5-18-43(26(2,3)25(36)22-16-14-21(15-17-22)20-10-7-6-8-11-20)24-13-9-12-23(19-24)42-45(40,41)29(34,35)27(30,31)28(32,33)44(37,38)39/h9,12-17,19-20H,4-8,10-11,18H2,1-3H3. The molecule has 2 aromatic carbocycles. The monoisotopic (exact) mass is 704 g/mol. The van der Waals surface area contributed by atoms with Crippen molar-refractivity contribution in [2.75, 3.05) is 5.75 Å². The maximum atomic E-state index is 14.4. The van der Waals surface area contributed by atoms with Crippen molar-refractivity contribution < 1.29 is 56.7 Å². The van der Waals surface area contributed by atoms with Crippen molar-refractivity contribution in [3.05, 3.63) is 59.7 Å². The van der Waals surface area contributed by atoms with Gasteiger partial charge in [-0.15, -0.1) is 0 Å². The first-order valence-corrected chi connectivity index (χ1v) is 18.3. The van der Waals surface area contributed by atoms with E-state index in [-0.39, 0.29) is 10.7 Å². The van der Waals surface area contributed by atoms with Gasteiger partial charge in [-0.05, 0) is 56.7 Å². The van der Waals surface area contributed by atoms with Crippen molar-refractivity contribution in [1.82, 2.24) is 0 Å². The van der Waals surface area contributed by atoms with E-state index in [2.05, 4.69) is 4.18 Å². The van der Waals surface area contributed by atoms with E-state index in [0.717, 1.165) is 49.4 Å². The molecule has 1 fully saturated rings. The molecule has 1 atom stereocenters. The number of carbonyl (C=O) groups is 1. The number of hydrogen-bond acceptors (Lipinski definition) is 7. The van der Waals surface area contributed by atoms with Gasteiger partial charge in [0.2, 0.25) is 5.78 Å². The third kappa shape index (κ3) is 7.33. The van der Waals surface area contributed by atoms with E-state index >= 15 is 0 Å². The van der Waals surface area contributed by atoms with Crippen LogP contribution in [0.1, 0.15) is 87.6 Å². The first-order valence-electron chi connectivity index (χ1n) is 14.1. The second-order valence-electron chi connectivity index (χ2n) is 11.3. The van der Waals surface area contributed by atoms with Gasteiger partial charge in [-0.3, -0.25) is 4.79 Å². The Bertz CT molecular complexity index is 1570. The molecule has 0 aromatic heterocycles. The van der Waals surface area contributed by atoms with E-state index in [0.29, 0.717) is 30.1 Å². The molecule has 0 radical (unpaired) electrons. The molecule has 0 heterocycles. The van der Waals surface area contributed by atoms with Crippen molar-refractivity contribution in [1.29, 1.82) is 0 Å². The summed E-state index contributed by atoms with van der Waals surface area (Å²) in [6.45, 7) is 5.20. The number of hydrogen-bond donors (Lipinski definition) is 0. The Hall–Kier alpha value is -2.30. The Morgan fingerprint density at radius 3 is 2.02 bits per heavy atom. The summed E-state index contributed by atoms with van der Waals surface area (Å²) in [5.41, 5.74) is 1.55. The van der Waals surface area contributed by atoms with Crippen molar-refractivity contribution in [3.8, 4) is 5.75 Å². The number of Topliss-reactive ketones (excluding diaryl/α,β-unsaturated/α-hetero) is 1. The molecular weight excluding hydrogens is 671 g/mol. The molecule has 3 rings (SSSR count). The van der Waals surface area contributed by atoms with Crippen LogP contribution < -0.4 is 4.18 Å². The number of unbranched alkanes of at least 4 members (excludes halogenated alkanes) is 1. The Balaban J connectivity index is 1.94. The Kier molecular flexibility index (Phi) is 11.1. The van der Waals surface area contributed by atoms with Crippen LogP contribution in [0.4, 0.5) is 26.3 Å². The van der Waals surface area contributed by atoms with Gasteiger partial charge in [-0.2, -0.15) is 34.8 Å². The van der Waals surface area contributed by atoms with Crippen LogP contribution in [0.3, 0.4) is 0 Å². The van der Waals surface area contributed by atoms with Crippen LogP contribution >= 0.6 is 0 Å². The zero-order chi connectivity index (χ0) is 34.1. The molecule has 0 aliphatic heterocycles. The van der Waals surface area contributed by atoms with Gasteiger partial charge in [0.25, 0.3) is 0 Å². The second kappa shape index (κ2) is 13.4. The van der Waals surface area contributed by atoms with Gasteiger partial charge in [-0.25, -0.2) is 8.42 Å². The fourth-order valence-corrected chi connectivity index (χ4v) is 9.27. The number of rotatable bonds is 14. The number of halogens is 6. The Labute approximate surface area is 262 Å². The van der Waals surface area contributed by atoms with Crippen molar-refractivity contribution >= 4 is 36.9 Å². The average molecular weight is 705 g/mol. The van der Waals surface area contributed by atoms with Gasteiger partial charge in [0.1, 0.15) is 11.5 Å². The summed E-state index contributed by atoms with van der Waals surface area (Å²) < 4.78 is 143. The van der Waals surface area contributed by atoms with E-state index in [9.17, 15) is 52.5 Å². The molecule has 0 bridgehead atoms. The fourth-order valence-electron chi connectivity index (χ4n) is 5.10. The lowest BCUT2D eigenvalue weighted by atomic mass is 9.83. The van der Waals surface area contributed by atoms with Gasteiger partial charge in [0.15, 0.2) is 19.8 Å². The number of ketones is 1. The Morgan fingerprint density at radius 2 is 1.49 bits per heavy atom. The molecule has 0 spiro atoms. The lowest BCUT2D eigenvalue weighted by Gasteiger charge is -2.32. The van der Waals surface area contributed by atoms with Crippen molar-refractivity contribution in [2.24, 2.45) is 0 Å². The van der Waals surface area contributed by atoms with E-state index in [4.69, 9.17) is 0 Å². The summed E-state index contributed by atoms with van der Waals surface area (Å²) in [5, 5.41) is -13.8. The molecule has 0 N–H and O–H groups in total. The van der Waals surface area contributed by atoms with Gasteiger partial charge in [0.05, 0.1) is 0 Å². The zero-order valence-electron chi connectivity index (χ0n) is 24.7. The summed E-state index contributed by atoms with van der Waals surface area (Å²) in [7, 11) is -15.5. The minimum atomic E-state index is -7.42. The fraction of sp³-hybridized carbons (Fsp3) is 0.552. The summed E-state index contributed by atoms with van der Waals surface area (Å²) in [6.07, 6.45) is 6.87. The van der Waals surface area contributed by atoms with E-state index < -0.39 is 58.1 Å². The molecule has 16 heteroatoms. The van der Waals surface area contributed by atoms with Crippen molar-refractivity contribution in [3.63, 3.8) is 0 Å². The topological polar surface area (TPSA) is 118 Å². The third-order valence-electron chi connectivity index (χ3n) is 7.77. The molecule has 1 unspecified atom stereocenters. The van der Waals surface area contributed by atoms with Crippen LogP contribution in [0, 0.1) is 0 Å². The minimum absolute atomic E-state index is 0.232.